The number of halogens is 1. The number of nitrogens with zero attached hydrogens (tertiary/aromatic N) is 2. The topological polar surface area (TPSA) is 66.1 Å². The van der Waals surface area contributed by atoms with Gasteiger partial charge in [-0.2, -0.15) is 4.31 Å². The molecule has 96 valence electrons. The summed E-state index contributed by atoms with van der Waals surface area (Å²) in [7, 11) is -3.40. The second-order valence-corrected chi connectivity index (χ2v) is 6.55. The van der Waals surface area contributed by atoms with Crippen LogP contribution < -0.4 is 0 Å². The average molecular weight is 278 g/mol. The Morgan fingerprint density at radius 3 is 2.65 bits per heavy atom. The van der Waals surface area contributed by atoms with Gasteiger partial charge in [-0.3, -0.25) is 0 Å². The van der Waals surface area contributed by atoms with Crippen LogP contribution in [-0.4, -0.2) is 41.7 Å². The molecule has 1 aromatic heterocycles. The molecular formula is C10H16ClN3O2S. The molecule has 17 heavy (non-hydrogen) atoms. The molecule has 1 saturated heterocycles. The number of alkyl halides is 1. The van der Waals surface area contributed by atoms with Gasteiger partial charge in [0.25, 0.3) is 10.0 Å². The van der Waals surface area contributed by atoms with Crippen LogP contribution >= 0.6 is 11.6 Å². The molecule has 0 aliphatic carbocycles. The van der Waals surface area contributed by atoms with E-state index in [1.165, 1.54) is 10.5 Å². The smallest absolute Gasteiger partial charge is 0.260 e. The van der Waals surface area contributed by atoms with Crippen molar-refractivity contribution in [1.29, 1.82) is 0 Å². The van der Waals surface area contributed by atoms with Crippen LogP contribution in [0.5, 0.6) is 0 Å². The Morgan fingerprint density at radius 2 is 2.18 bits per heavy atom. The number of rotatable bonds is 3. The van der Waals surface area contributed by atoms with Gasteiger partial charge in [0, 0.05) is 19.0 Å². The first-order valence-electron chi connectivity index (χ1n) is 5.61. The van der Waals surface area contributed by atoms with Crippen molar-refractivity contribution in [2.24, 2.45) is 5.92 Å². The second-order valence-electron chi connectivity index (χ2n) is 4.33. The van der Waals surface area contributed by atoms with Crippen molar-refractivity contribution in [3.8, 4) is 0 Å². The van der Waals surface area contributed by atoms with Gasteiger partial charge < -0.3 is 4.98 Å². The second kappa shape index (κ2) is 4.96. The van der Waals surface area contributed by atoms with Crippen molar-refractivity contribution in [3.63, 3.8) is 0 Å². The molecule has 0 atom stereocenters. The third-order valence-electron chi connectivity index (χ3n) is 3.09. The quantitative estimate of drug-likeness (QED) is 0.849. The molecule has 2 heterocycles. The predicted molar refractivity (Wildman–Crippen MR) is 65.5 cm³/mol. The standard InChI is InChI=1S/C10H16ClN3O2S/c1-8-12-7-10(13-8)17(15,16)14-4-2-9(6-11)3-5-14/h7,9H,2-6H2,1H3,(H,12,13). The van der Waals surface area contributed by atoms with Crippen molar-refractivity contribution < 1.29 is 8.42 Å². The maximum atomic E-state index is 12.2. The number of aryl methyl sites for hydroxylation is 1. The lowest BCUT2D eigenvalue weighted by Gasteiger charge is -2.29. The molecule has 0 saturated carbocycles. The fourth-order valence-electron chi connectivity index (χ4n) is 1.97. The molecule has 5 nitrogen and oxygen atoms in total. The summed E-state index contributed by atoms with van der Waals surface area (Å²) in [5.74, 6) is 1.66. The average Bonchev–Trinajstić information content (AvgIpc) is 2.77. The van der Waals surface area contributed by atoms with Crippen LogP contribution in [0.15, 0.2) is 11.2 Å². The van der Waals surface area contributed by atoms with Gasteiger partial charge in [-0.05, 0) is 25.7 Å². The lowest BCUT2D eigenvalue weighted by Crippen LogP contribution is -2.38. The van der Waals surface area contributed by atoms with Gasteiger partial charge in [-0.1, -0.05) is 0 Å². The number of aromatic nitrogens is 2. The summed E-state index contributed by atoms with van der Waals surface area (Å²) >= 11 is 5.78. The van der Waals surface area contributed by atoms with E-state index in [0.29, 0.717) is 30.7 Å². The molecule has 2 rings (SSSR count). The molecule has 0 aromatic carbocycles. The third-order valence-corrected chi connectivity index (χ3v) is 5.33. The van der Waals surface area contributed by atoms with Crippen molar-refractivity contribution in [1.82, 2.24) is 14.3 Å². The fraction of sp³-hybridized carbons (Fsp3) is 0.700. The minimum absolute atomic E-state index is 0.180. The highest BCUT2D eigenvalue weighted by atomic mass is 35.5. The first-order chi connectivity index (χ1) is 8.04. The largest absolute Gasteiger partial charge is 0.332 e. The van der Waals surface area contributed by atoms with Gasteiger partial charge in [0.05, 0.1) is 6.20 Å². The van der Waals surface area contributed by atoms with E-state index >= 15 is 0 Å². The molecule has 1 N–H and O–H groups in total. The number of hydrogen-bond acceptors (Lipinski definition) is 3. The maximum Gasteiger partial charge on any atom is 0.260 e. The lowest BCUT2D eigenvalue weighted by atomic mass is 10.0. The summed E-state index contributed by atoms with van der Waals surface area (Å²) in [6.07, 6.45) is 3.03. The Labute approximate surface area is 106 Å². The molecule has 7 heteroatoms. The molecule has 1 aliphatic heterocycles. The summed E-state index contributed by atoms with van der Waals surface area (Å²) in [5, 5.41) is 0.180. The fourth-order valence-corrected chi connectivity index (χ4v) is 3.71. The number of nitrogens with one attached hydrogen (secondary N) is 1. The van der Waals surface area contributed by atoms with Crippen molar-refractivity contribution in [3.05, 3.63) is 12.0 Å². The van der Waals surface area contributed by atoms with Crippen molar-refractivity contribution in [2.75, 3.05) is 19.0 Å². The minimum atomic E-state index is -3.40. The summed E-state index contributed by atoms with van der Waals surface area (Å²) in [6, 6.07) is 0. The zero-order chi connectivity index (χ0) is 12.5. The summed E-state index contributed by atoms with van der Waals surface area (Å²) in [4.78, 5) is 6.70. The Bertz CT molecular complexity index is 477. The third kappa shape index (κ3) is 2.64. The van der Waals surface area contributed by atoms with Gasteiger partial charge in [-0.15, -0.1) is 11.6 Å². The van der Waals surface area contributed by atoms with Gasteiger partial charge >= 0.3 is 0 Å². The van der Waals surface area contributed by atoms with E-state index in [4.69, 9.17) is 11.6 Å². The van der Waals surface area contributed by atoms with Crippen molar-refractivity contribution >= 4 is 21.6 Å². The normalized spacial score (nSPS) is 19.6. The maximum absolute atomic E-state index is 12.2. The Balaban J connectivity index is 2.12. The molecule has 1 aliphatic rings. The highest BCUT2D eigenvalue weighted by Crippen LogP contribution is 2.23. The Kier molecular flexibility index (Phi) is 3.75. The van der Waals surface area contributed by atoms with Crippen LogP contribution in [0.1, 0.15) is 18.7 Å². The number of hydrogen-bond donors (Lipinski definition) is 1. The number of imidazole rings is 1. The Hall–Kier alpha value is -0.590. The van der Waals surface area contributed by atoms with Gasteiger partial charge in [0.1, 0.15) is 5.82 Å². The molecule has 1 aromatic rings. The predicted octanol–water partition coefficient (Wildman–Crippen LogP) is 1.36. The van der Waals surface area contributed by atoms with E-state index in [1.54, 1.807) is 6.92 Å². The van der Waals surface area contributed by atoms with E-state index in [9.17, 15) is 8.42 Å². The zero-order valence-electron chi connectivity index (χ0n) is 9.69. The number of piperidine rings is 1. The van der Waals surface area contributed by atoms with E-state index < -0.39 is 10.0 Å². The summed E-state index contributed by atoms with van der Waals surface area (Å²) < 4.78 is 25.9. The summed E-state index contributed by atoms with van der Waals surface area (Å²) in [5.41, 5.74) is 0. The lowest BCUT2D eigenvalue weighted by molar-refractivity contribution is 0.289. The molecule has 0 bridgehead atoms. The number of sulfonamides is 1. The molecule has 0 unspecified atom stereocenters. The first kappa shape index (κ1) is 12.9. The number of H-pyrrole nitrogens is 1. The molecule has 0 spiro atoms. The zero-order valence-corrected chi connectivity index (χ0v) is 11.3. The van der Waals surface area contributed by atoms with Gasteiger partial charge in [0.2, 0.25) is 0 Å². The van der Waals surface area contributed by atoms with Gasteiger partial charge in [-0.25, -0.2) is 13.4 Å². The van der Waals surface area contributed by atoms with Crippen LogP contribution in [0.3, 0.4) is 0 Å². The molecule has 0 radical (unpaired) electrons. The van der Waals surface area contributed by atoms with Crippen LogP contribution in [0.25, 0.3) is 0 Å². The Morgan fingerprint density at radius 1 is 1.53 bits per heavy atom. The molecule has 0 amide bonds. The van der Waals surface area contributed by atoms with Crippen LogP contribution in [0, 0.1) is 12.8 Å². The highest BCUT2D eigenvalue weighted by Gasteiger charge is 2.30. The minimum Gasteiger partial charge on any atom is -0.332 e. The summed E-state index contributed by atoms with van der Waals surface area (Å²) in [6.45, 7) is 2.81. The van der Waals surface area contributed by atoms with E-state index in [1.807, 2.05) is 0 Å². The van der Waals surface area contributed by atoms with Crippen LogP contribution in [-0.2, 0) is 10.0 Å². The van der Waals surface area contributed by atoms with E-state index in [2.05, 4.69) is 9.97 Å². The van der Waals surface area contributed by atoms with Gasteiger partial charge in [0.15, 0.2) is 5.03 Å². The SMILES string of the molecule is Cc1ncc(S(=O)(=O)N2CCC(CCl)CC2)[nH]1. The van der Waals surface area contributed by atoms with Crippen LogP contribution in [0.4, 0.5) is 0 Å². The van der Waals surface area contributed by atoms with Crippen LogP contribution in [0.2, 0.25) is 0 Å². The first-order valence-corrected chi connectivity index (χ1v) is 7.59. The molecule has 1 fully saturated rings. The van der Waals surface area contributed by atoms with E-state index in [-0.39, 0.29) is 5.03 Å². The highest BCUT2D eigenvalue weighted by molar-refractivity contribution is 7.89. The monoisotopic (exact) mass is 277 g/mol. The molecular weight excluding hydrogens is 262 g/mol. The van der Waals surface area contributed by atoms with Crippen molar-refractivity contribution in [2.45, 2.75) is 24.8 Å². The van der Waals surface area contributed by atoms with E-state index in [0.717, 1.165) is 12.8 Å². The number of aromatic amines is 1.